The summed E-state index contributed by atoms with van der Waals surface area (Å²) in [7, 11) is 0. The molecular weight excluding hydrogens is 246 g/mol. The van der Waals surface area contributed by atoms with Crippen molar-refractivity contribution in [1.82, 2.24) is 5.32 Å². The third-order valence-corrected chi connectivity index (χ3v) is 5.04. The summed E-state index contributed by atoms with van der Waals surface area (Å²) < 4.78 is 0. The van der Waals surface area contributed by atoms with Gasteiger partial charge in [-0.15, -0.1) is 0 Å². The van der Waals surface area contributed by atoms with Gasteiger partial charge in [0.2, 0.25) is 0 Å². The molecule has 0 heterocycles. The van der Waals surface area contributed by atoms with E-state index in [2.05, 4.69) is 16.7 Å². The molecule has 0 aromatic carbocycles. The number of amidine groups is 1. The lowest BCUT2D eigenvalue weighted by atomic mass is 9.87. The number of thioether (sulfide) groups is 1. The van der Waals surface area contributed by atoms with Gasteiger partial charge in [-0.3, -0.25) is 0 Å². The first-order valence-corrected chi connectivity index (χ1v) is 8.02. The monoisotopic (exact) mass is 273 g/mol. The van der Waals surface area contributed by atoms with E-state index in [-0.39, 0.29) is 5.41 Å². The third-order valence-electron chi connectivity index (χ3n) is 3.94. The molecule has 4 nitrogen and oxygen atoms in total. The topological polar surface area (TPSA) is 70.6 Å². The van der Waals surface area contributed by atoms with Gasteiger partial charge in [0.25, 0.3) is 0 Å². The van der Waals surface area contributed by atoms with Crippen LogP contribution in [0.15, 0.2) is 5.16 Å². The first-order valence-electron chi connectivity index (χ1n) is 6.74. The van der Waals surface area contributed by atoms with Crippen molar-refractivity contribution in [1.29, 1.82) is 0 Å². The summed E-state index contributed by atoms with van der Waals surface area (Å²) in [6.07, 6.45) is 8.33. The van der Waals surface area contributed by atoms with Gasteiger partial charge >= 0.3 is 0 Å². The standard InChI is InChI=1S/C13H27N3OS/c1-13(2,12(14)16-17)7-8-15-10-5-4-6-11(9-10)18-3/h10-11,15,17H,4-9H2,1-3H3,(H2,14,16). The van der Waals surface area contributed by atoms with Crippen molar-refractivity contribution in [2.24, 2.45) is 16.3 Å². The Balaban J connectivity index is 2.29. The summed E-state index contributed by atoms with van der Waals surface area (Å²) in [6, 6.07) is 0.638. The smallest absolute Gasteiger partial charge is 0.144 e. The van der Waals surface area contributed by atoms with Crippen LogP contribution < -0.4 is 11.1 Å². The average molecular weight is 273 g/mol. The van der Waals surface area contributed by atoms with Crippen molar-refractivity contribution in [3.63, 3.8) is 0 Å². The Kier molecular flexibility index (Phi) is 6.29. The molecule has 1 aliphatic rings. The Bertz CT molecular complexity index is 281. The van der Waals surface area contributed by atoms with E-state index >= 15 is 0 Å². The van der Waals surface area contributed by atoms with Gasteiger partial charge in [0.15, 0.2) is 0 Å². The predicted molar refractivity (Wildman–Crippen MR) is 79.4 cm³/mol. The second-order valence-corrected chi connectivity index (χ2v) is 6.93. The zero-order valence-corrected chi connectivity index (χ0v) is 12.6. The lowest BCUT2D eigenvalue weighted by Crippen LogP contribution is -2.39. The summed E-state index contributed by atoms with van der Waals surface area (Å²) in [5.74, 6) is 0.315. The molecule has 0 aromatic heterocycles. The zero-order chi connectivity index (χ0) is 13.6. The van der Waals surface area contributed by atoms with Crippen LogP contribution in [0.1, 0.15) is 46.0 Å². The van der Waals surface area contributed by atoms with Crippen LogP contribution in [0.5, 0.6) is 0 Å². The quantitative estimate of drug-likeness (QED) is 0.301. The van der Waals surface area contributed by atoms with Crippen molar-refractivity contribution in [3.8, 4) is 0 Å². The van der Waals surface area contributed by atoms with E-state index in [1.165, 1.54) is 25.7 Å². The summed E-state index contributed by atoms with van der Waals surface area (Å²) in [5, 5.41) is 16.3. The fourth-order valence-corrected chi connectivity index (χ4v) is 3.22. The number of nitrogens with zero attached hydrogens (tertiary/aromatic N) is 1. The molecular formula is C13H27N3OS. The normalized spacial score (nSPS) is 26.3. The Morgan fingerprint density at radius 2 is 2.22 bits per heavy atom. The fourth-order valence-electron chi connectivity index (χ4n) is 2.40. The van der Waals surface area contributed by atoms with Gasteiger partial charge in [-0.25, -0.2) is 0 Å². The average Bonchev–Trinajstić information content (AvgIpc) is 2.37. The van der Waals surface area contributed by atoms with Gasteiger partial charge in [0.05, 0.1) is 0 Å². The van der Waals surface area contributed by atoms with E-state index in [0.29, 0.717) is 11.9 Å². The van der Waals surface area contributed by atoms with Gasteiger partial charge in [-0.05, 0) is 38.5 Å². The molecule has 106 valence electrons. The summed E-state index contributed by atoms with van der Waals surface area (Å²) in [6.45, 7) is 4.94. The molecule has 1 fully saturated rings. The number of nitrogens with two attached hydrogens (primary N) is 1. The van der Waals surface area contributed by atoms with Crippen LogP contribution in [-0.2, 0) is 0 Å². The highest BCUT2D eigenvalue weighted by Gasteiger charge is 2.25. The van der Waals surface area contributed by atoms with Crippen LogP contribution in [0.4, 0.5) is 0 Å². The first kappa shape index (κ1) is 15.6. The number of hydrogen-bond donors (Lipinski definition) is 3. The zero-order valence-electron chi connectivity index (χ0n) is 11.8. The molecule has 0 radical (unpaired) electrons. The van der Waals surface area contributed by atoms with Crippen LogP contribution in [0.3, 0.4) is 0 Å². The van der Waals surface area contributed by atoms with E-state index in [4.69, 9.17) is 10.9 Å². The molecule has 2 atom stereocenters. The van der Waals surface area contributed by atoms with Crippen molar-refractivity contribution in [2.75, 3.05) is 12.8 Å². The molecule has 4 N–H and O–H groups in total. The lowest BCUT2D eigenvalue weighted by molar-refractivity contribution is 0.302. The molecule has 0 spiro atoms. The summed E-state index contributed by atoms with van der Waals surface area (Å²) in [4.78, 5) is 0. The highest BCUT2D eigenvalue weighted by atomic mass is 32.2. The Morgan fingerprint density at radius 1 is 1.50 bits per heavy atom. The van der Waals surface area contributed by atoms with Gasteiger partial charge in [0, 0.05) is 16.7 Å². The molecule has 0 bridgehead atoms. The number of oxime groups is 1. The first-order chi connectivity index (χ1) is 8.49. The highest BCUT2D eigenvalue weighted by Crippen LogP contribution is 2.27. The molecule has 0 aromatic rings. The van der Waals surface area contributed by atoms with Gasteiger partial charge < -0.3 is 16.3 Å². The predicted octanol–water partition coefficient (Wildman–Crippen LogP) is 2.41. The fraction of sp³-hybridized carbons (Fsp3) is 0.923. The number of rotatable bonds is 6. The lowest BCUT2D eigenvalue weighted by Gasteiger charge is -2.30. The van der Waals surface area contributed by atoms with Crippen molar-refractivity contribution >= 4 is 17.6 Å². The Morgan fingerprint density at radius 3 is 2.83 bits per heavy atom. The van der Waals surface area contributed by atoms with Crippen LogP contribution in [-0.4, -0.2) is 35.1 Å². The molecule has 2 unspecified atom stereocenters. The van der Waals surface area contributed by atoms with E-state index in [9.17, 15) is 0 Å². The Hall–Kier alpha value is -0.420. The van der Waals surface area contributed by atoms with E-state index < -0.39 is 0 Å². The number of hydrogen-bond acceptors (Lipinski definition) is 4. The summed E-state index contributed by atoms with van der Waals surface area (Å²) in [5.41, 5.74) is 5.44. The van der Waals surface area contributed by atoms with Crippen molar-refractivity contribution in [2.45, 2.75) is 57.2 Å². The Labute approximate surface area is 115 Å². The maximum absolute atomic E-state index is 8.72. The van der Waals surface area contributed by atoms with E-state index in [1.807, 2.05) is 25.6 Å². The molecule has 0 saturated heterocycles. The molecule has 0 amide bonds. The van der Waals surface area contributed by atoms with Gasteiger partial charge in [-0.2, -0.15) is 11.8 Å². The minimum absolute atomic E-state index is 0.241. The second kappa shape index (κ2) is 7.24. The minimum atomic E-state index is -0.241. The van der Waals surface area contributed by atoms with E-state index in [0.717, 1.165) is 18.2 Å². The van der Waals surface area contributed by atoms with Gasteiger partial charge in [0.1, 0.15) is 5.84 Å². The maximum atomic E-state index is 8.72. The molecule has 0 aliphatic heterocycles. The molecule has 1 aliphatic carbocycles. The molecule has 1 saturated carbocycles. The second-order valence-electron chi connectivity index (χ2n) is 5.79. The van der Waals surface area contributed by atoms with Crippen molar-refractivity contribution < 1.29 is 5.21 Å². The minimum Gasteiger partial charge on any atom is -0.409 e. The third kappa shape index (κ3) is 4.69. The van der Waals surface area contributed by atoms with E-state index in [1.54, 1.807) is 0 Å². The summed E-state index contributed by atoms with van der Waals surface area (Å²) >= 11 is 1.98. The van der Waals surface area contributed by atoms with Gasteiger partial charge in [-0.1, -0.05) is 25.4 Å². The van der Waals surface area contributed by atoms with Crippen molar-refractivity contribution in [3.05, 3.63) is 0 Å². The maximum Gasteiger partial charge on any atom is 0.144 e. The molecule has 18 heavy (non-hydrogen) atoms. The molecule has 5 heteroatoms. The van der Waals surface area contributed by atoms with Crippen LogP contribution >= 0.6 is 11.8 Å². The number of nitrogens with one attached hydrogen (secondary N) is 1. The van der Waals surface area contributed by atoms with Crippen LogP contribution in [0.25, 0.3) is 0 Å². The SMILES string of the molecule is CSC1CCCC(NCCC(C)(C)C(N)=NO)C1. The van der Waals surface area contributed by atoms with Crippen LogP contribution in [0, 0.1) is 5.41 Å². The molecule has 1 rings (SSSR count). The van der Waals surface area contributed by atoms with Crippen LogP contribution in [0.2, 0.25) is 0 Å². The highest BCUT2D eigenvalue weighted by molar-refractivity contribution is 7.99. The largest absolute Gasteiger partial charge is 0.409 e.